The number of nitrogens with zero attached hydrogens (tertiary/aromatic N) is 2. The Balaban J connectivity index is 1.93. The van der Waals surface area contributed by atoms with Crippen LogP contribution in [0.25, 0.3) is 0 Å². The molecule has 1 aromatic carbocycles. The first-order chi connectivity index (χ1) is 11.4. The first-order valence-electron chi connectivity index (χ1n) is 7.22. The van der Waals surface area contributed by atoms with Crippen LogP contribution < -0.4 is 11.0 Å². The third-order valence-corrected chi connectivity index (χ3v) is 3.54. The van der Waals surface area contributed by atoms with E-state index in [2.05, 4.69) is 20.7 Å². The number of nitro groups is 1. The van der Waals surface area contributed by atoms with E-state index in [1.165, 1.54) is 12.1 Å². The number of benzene rings is 1. The summed E-state index contributed by atoms with van der Waals surface area (Å²) in [6.07, 6.45) is 0.432. The van der Waals surface area contributed by atoms with Crippen LogP contribution in [0.15, 0.2) is 34.2 Å². The van der Waals surface area contributed by atoms with Crippen molar-refractivity contribution in [3.8, 4) is 0 Å². The van der Waals surface area contributed by atoms with E-state index in [1.807, 2.05) is 0 Å². The van der Waals surface area contributed by atoms with E-state index in [0.29, 0.717) is 29.0 Å². The van der Waals surface area contributed by atoms with Crippen molar-refractivity contribution >= 4 is 17.3 Å². The van der Waals surface area contributed by atoms with E-state index in [-0.39, 0.29) is 23.6 Å². The summed E-state index contributed by atoms with van der Waals surface area (Å²) in [4.78, 5) is 33.4. The fourth-order valence-corrected chi connectivity index (χ4v) is 2.10. The molecule has 0 saturated heterocycles. The van der Waals surface area contributed by atoms with E-state index >= 15 is 0 Å². The Labute approximate surface area is 136 Å². The molecular formula is C15H17N5O4. The number of hydrogen-bond donors (Lipinski definition) is 3. The largest absolute Gasteiger partial charge is 0.302 e. The van der Waals surface area contributed by atoms with Gasteiger partial charge in [-0.2, -0.15) is 5.10 Å². The minimum absolute atomic E-state index is 0.0114. The van der Waals surface area contributed by atoms with Crippen LogP contribution in [0.2, 0.25) is 0 Å². The second-order valence-electron chi connectivity index (χ2n) is 5.22. The maximum atomic E-state index is 11.8. The number of hydrazone groups is 1. The van der Waals surface area contributed by atoms with Gasteiger partial charge in [-0.25, -0.2) is 5.43 Å². The molecule has 0 aliphatic heterocycles. The first kappa shape index (κ1) is 17.1. The van der Waals surface area contributed by atoms with Crippen molar-refractivity contribution in [2.75, 3.05) is 0 Å². The van der Waals surface area contributed by atoms with E-state index in [1.54, 1.807) is 26.0 Å². The van der Waals surface area contributed by atoms with Gasteiger partial charge in [-0.1, -0.05) is 0 Å². The summed E-state index contributed by atoms with van der Waals surface area (Å²) in [7, 11) is 0. The van der Waals surface area contributed by atoms with Crippen molar-refractivity contribution in [1.29, 1.82) is 0 Å². The van der Waals surface area contributed by atoms with Gasteiger partial charge in [0.15, 0.2) is 0 Å². The molecule has 2 aromatic rings. The van der Waals surface area contributed by atoms with E-state index < -0.39 is 4.92 Å². The number of carbonyl (C=O) groups excluding carboxylic acids is 1. The summed E-state index contributed by atoms with van der Waals surface area (Å²) in [6.45, 7) is 3.44. The first-order valence-corrected chi connectivity index (χ1v) is 7.22. The number of nitro benzene ring substituents is 1. The lowest BCUT2D eigenvalue weighted by molar-refractivity contribution is -0.384. The maximum absolute atomic E-state index is 11.8. The van der Waals surface area contributed by atoms with Gasteiger partial charge in [0.25, 0.3) is 11.2 Å². The highest BCUT2D eigenvalue weighted by molar-refractivity contribution is 5.99. The monoisotopic (exact) mass is 331 g/mol. The normalized spacial score (nSPS) is 11.3. The van der Waals surface area contributed by atoms with Crippen LogP contribution in [0, 0.1) is 17.0 Å². The summed E-state index contributed by atoms with van der Waals surface area (Å²) >= 11 is 0. The van der Waals surface area contributed by atoms with Crippen molar-refractivity contribution in [3.05, 3.63) is 61.6 Å². The topological polar surface area (TPSA) is 133 Å². The Hall–Kier alpha value is -3.23. The molecule has 1 amide bonds. The van der Waals surface area contributed by atoms with Gasteiger partial charge in [-0.3, -0.25) is 24.8 Å². The van der Waals surface area contributed by atoms with Crippen LogP contribution in [0.4, 0.5) is 5.69 Å². The van der Waals surface area contributed by atoms with E-state index in [4.69, 9.17) is 0 Å². The van der Waals surface area contributed by atoms with Gasteiger partial charge >= 0.3 is 0 Å². The highest BCUT2D eigenvalue weighted by Crippen LogP contribution is 2.12. The molecule has 0 fully saturated rings. The molecule has 0 radical (unpaired) electrons. The molecule has 24 heavy (non-hydrogen) atoms. The van der Waals surface area contributed by atoms with Crippen LogP contribution in [0.3, 0.4) is 0 Å². The van der Waals surface area contributed by atoms with Crippen LogP contribution in [-0.2, 0) is 11.2 Å². The van der Waals surface area contributed by atoms with Crippen LogP contribution in [0.1, 0.15) is 30.2 Å². The molecule has 0 saturated carbocycles. The smallest absolute Gasteiger partial charge is 0.269 e. The van der Waals surface area contributed by atoms with Gasteiger partial charge < -0.3 is 5.10 Å². The summed E-state index contributed by atoms with van der Waals surface area (Å²) in [5.74, 6) is -0.323. The number of hydrogen-bond acceptors (Lipinski definition) is 5. The molecule has 9 nitrogen and oxygen atoms in total. The van der Waals surface area contributed by atoms with E-state index in [0.717, 1.165) is 0 Å². The Morgan fingerprint density at radius 1 is 1.29 bits per heavy atom. The van der Waals surface area contributed by atoms with Crippen LogP contribution in [0.5, 0.6) is 0 Å². The number of aromatic amines is 2. The molecule has 0 aliphatic carbocycles. The molecule has 0 spiro atoms. The van der Waals surface area contributed by atoms with Gasteiger partial charge in [-0.05, 0) is 38.0 Å². The van der Waals surface area contributed by atoms with Crippen molar-refractivity contribution in [2.24, 2.45) is 5.10 Å². The van der Waals surface area contributed by atoms with Crippen molar-refractivity contribution in [1.82, 2.24) is 15.6 Å². The van der Waals surface area contributed by atoms with Gasteiger partial charge in [0, 0.05) is 29.8 Å². The Morgan fingerprint density at radius 2 is 1.96 bits per heavy atom. The molecule has 2 rings (SSSR count). The van der Waals surface area contributed by atoms with Crippen LogP contribution in [-0.4, -0.2) is 26.7 Å². The second kappa shape index (κ2) is 7.36. The minimum atomic E-state index is -0.483. The molecule has 1 heterocycles. The molecule has 126 valence electrons. The number of aryl methyl sites for hydroxylation is 1. The Bertz CT molecular complexity index is 832. The van der Waals surface area contributed by atoms with Crippen LogP contribution >= 0.6 is 0 Å². The summed E-state index contributed by atoms with van der Waals surface area (Å²) in [5, 5.41) is 19.7. The fourth-order valence-electron chi connectivity index (χ4n) is 2.10. The fraction of sp³-hybridized carbons (Fsp3) is 0.267. The third kappa shape index (κ3) is 4.15. The molecule has 0 bridgehead atoms. The molecule has 1 aromatic heterocycles. The molecule has 9 heteroatoms. The number of non-ortho nitro benzene ring substituents is 1. The standard InChI is InChI=1S/C15H17N5O4/c1-9(11-3-5-12(6-4-11)20(23)24)16-18-14(21)8-7-13-10(2)17-19-15(13)22/h3-6H,7-8H2,1-2H3,(H,18,21)(H2,17,19,22)/b16-9+. The molecule has 0 unspecified atom stereocenters. The van der Waals surface area contributed by atoms with E-state index in [9.17, 15) is 19.7 Å². The highest BCUT2D eigenvalue weighted by Gasteiger charge is 2.09. The van der Waals surface area contributed by atoms with Crippen molar-refractivity contribution < 1.29 is 9.72 Å². The Morgan fingerprint density at radius 3 is 2.50 bits per heavy atom. The van der Waals surface area contributed by atoms with Gasteiger partial charge in [-0.15, -0.1) is 0 Å². The maximum Gasteiger partial charge on any atom is 0.269 e. The minimum Gasteiger partial charge on any atom is -0.302 e. The number of H-pyrrole nitrogens is 2. The zero-order valence-corrected chi connectivity index (χ0v) is 13.3. The predicted molar refractivity (Wildman–Crippen MR) is 87.9 cm³/mol. The summed E-state index contributed by atoms with van der Waals surface area (Å²) < 4.78 is 0. The molecule has 0 aliphatic rings. The highest BCUT2D eigenvalue weighted by atomic mass is 16.6. The van der Waals surface area contributed by atoms with Gasteiger partial charge in [0.05, 0.1) is 10.6 Å². The zero-order chi connectivity index (χ0) is 17.7. The number of carbonyl (C=O) groups is 1. The number of amides is 1. The average molecular weight is 331 g/mol. The molecule has 0 atom stereocenters. The summed E-state index contributed by atoms with van der Waals surface area (Å²) in [6, 6.07) is 5.87. The lowest BCUT2D eigenvalue weighted by atomic mass is 10.1. The predicted octanol–water partition coefficient (Wildman–Crippen LogP) is 1.39. The average Bonchev–Trinajstić information content (AvgIpc) is 2.89. The third-order valence-electron chi connectivity index (χ3n) is 3.54. The lowest BCUT2D eigenvalue weighted by Gasteiger charge is -2.03. The molecular weight excluding hydrogens is 314 g/mol. The number of aromatic nitrogens is 2. The lowest BCUT2D eigenvalue weighted by Crippen LogP contribution is -2.20. The number of rotatable bonds is 6. The Kier molecular flexibility index (Phi) is 5.25. The second-order valence-corrected chi connectivity index (χ2v) is 5.22. The summed E-state index contributed by atoms with van der Waals surface area (Å²) in [5.41, 5.74) is 4.61. The zero-order valence-electron chi connectivity index (χ0n) is 13.3. The quantitative estimate of drug-likeness (QED) is 0.419. The molecule has 3 N–H and O–H groups in total. The van der Waals surface area contributed by atoms with Gasteiger partial charge in [0.2, 0.25) is 5.91 Å². The SMILES string of the molecule is C/C(=N\NC(=O)CCc1c(C)[nH][nH]c1=O)c1ccc([N+](=O)[O-])cc1. The van der Waals surface area contributed by atoms with Crippen molar-refractivity contribution in [2.45, 2.75) is 26.7 Å². The van der Waals surface area contributed by atoms with Crippen molar-refractivity contribution in [3.63, 3.8) is 0 Å². The number of nitrogens with one attached hydrogen (secondary N) is 3. The van der Waals surface area contributed by atoms with Gasteiger partial charge in [0.1, 0.15) is 0 Å².